The van der Waals surface area contributed by atoms with Crippen LogP contribution >= 0.6 is 11.3 Å². The van der Waals surface area contributed by atoms with Crippen LogP contribution in [0.25, 0.3) is 0 Å². The van der Waals surface area contributed by atoms with Crippen LogP contribution in [-0.2, 0) is 4.79 Å². The van der Waals surface area contributed by atoms with Gasteiger partial charge in [-0.25, -0.2) is 0 Å². The van der Waals surface area contributed by atoms with Gasteiger partial charge >= 0.3 is 0 Å². The maximum absolute atomic E-state index is 12.8. The van der Waals surface area contributed by atoms with Gasteiger partial charge in [-0.1, -0.05) is 27.7 Å². The summed E-state index contributed by atoms with van der Waals surface area (Å²) in [6.07, 6.45) is 2.23. The summed E-state index contributed by atoms with van der Waals surface area (Å²) in [5.41, 5.74) is 1.65. The fraction of sp³-hybridized carbons (Fsp3) is 0.706. The zero-order valence-corrected chi connectivity index (χ0v) is 14.2. The van der Waals surface area contributed by atoms with E-state index < -0.39 is 0 Å². The van der Waals surface area contributed by atoms with Crippen molar-refractivity contribution in [3.8, 4) is 0 Å². The minimum Gasteiger partial charge on any atom is -0.321 e. The van der Waals surface area contributed by atoms with Gasteiger partial charge in [0.15, 0.2) is 0 Å². The molecule has 2 fully saturated rings. The van der Waals surface area contributed by atoms with Crippen molar-refractivity contribution in [2.24, 2.45) is 17.3 Å². The fourth-order valence-corrected chi connectivity index (χ4v) is 4.03. The molecule has 4 heteroatoms. The van der Waals surface area contributed by atoms with Gasteiger partial charge in [0.05, 0.1) is 6.04 Å². The van der Waals surface area contributed by atoms with Gasteiger partial charge in [-0.15, -0.1) is 0 Å². The Morgan fingerprint density at radius 3 is 2.71 bits per heavy atom. The lowest BCUT2D eigenvalue weighted by Gasteiger charge is -2.24. The highest BCUT2D eigenvalue weighted by molar-refractivity contribution is 7.07. The first kappa shape index (κ1) is 15.0. The number of carbonyl (C=O) groups excluding carboxylic acids is 1. The molecule has 3 rings (SSSR count). The van der Waals surface area contributed by atoms with Gasteiger partial charge in [-0.3, -0.25) is 10.1 Å². The topological polar surface area (TPSA) is 32.3 Å². The Morgan fingerprint density at radius 1 is 1.48 bits per heavy atom. The number of thiophene rings is 1. The predicted molar refractivity (Wildman–Crippen MR) is 87.0 cm³/mol. The highest BCUT2D eigenvalue weighted by atomic mass is 32.1. The first-order chi connectivity index (χ1) is 9.88. The molecule has 2 heterocycles. The van der Waals surface area contributed by atoms with E-state index in [2.05, 4.69) is 54.7 Å². The smallest absolute Gasteiger partial charge is 0.241 e. The summed E-state index contributed by atoms with van der Waals surface area (Å²) in [5.74, 6) is 1.48. The normalized spacial score (nSPS) is 31.2. The van der Waals surface area contributed by atoms with Gasteiger partial charge < -0.3 is 4.90 Å². The number of nitrogens with one attached hydrogen (secondary N) is 1. The quantitative estimate of drug-likeness (QED) is 0.901. The molecule has 1 aromatic rings. The third kappa shape index (κ3) is 3.02. The molecule has 0 radical (unpaired) electrons. The first-order valence-corrected chi connectivity index (χ1v) is 8.91. The van der Waals surface area contributed by atoms with Gasteiger partial charge in [0, 0.05) is 6.54 Å². The summed E-state index contributed by atoms with van der Waals surface area (Å²) in [4.78, 5) is 14.9. The monoisotopic (exact) mass is 306 g/mol. The van der Waals surface area contributed by atoms with Gasteiger partial charge in [-0.05, 0) is 52.5 Å². The molecular formula is C17H26N2OS. The molecule has 1 saturated heterocycles. The van der Waals surface area contributed by atoms with Crippen LogP contribution in [0.1, 0.15) is 52.3 Å². The lowest BCUT2D eigenvalue weighted by Crippen LogP contribution is -2.33. The van der Waals surface area contributed by atoms with Crippen molar-refractivity contribution < 1.29 is 4.79 Å². The van der Waals surface area contributed by atoms with Crippen LogP contribution in [0.2, 0.25) is 0 Å². The minimum absolute atomic E-state index is 0.0169. The van der Waals surface area contributed by atoms with Crippen molar-refractivity contribution in [2.75, 3.05) is 6.54 Å². The van der Waals surface area contributed by atoms with E-state index in [4.69, 9.17) is 0 Å². The van der Waals surface area contributed by atoms with E-state index in [1.165, 1.54) is 12.0 Å². The van der Waals surface area contributed by atoms with E-state index in [0.29, 0.717) is 23.2 Å². The van der Waals surface area contributed by atoms with Crippen LogP contribution < -0.4 is 5.32 Å². The molecule has 0 aromatic carbocycles. The molecule has 1 aliphatic heterocycles. The lowest BCUT2D eigenvalue weighted by molar-refractivity contribution is -0.130. The first-order valence-electron chi connectivity index (χ1n) is 7.97. The second-order valence-electron chi connectivity index (χ2n) is 7.69. The van der Waals surface area contributed by atoms with Crippen LogP contribution in [0.4, 0.5) is 0 Å². The number of hydrogen-bond donors (Lipinski definition) is 1. The molecule has 3 atom stereocenters. The number of rotatable bonds is 5. The molecule has 1 aliphatic carbocycles. The van der Waals surface area contributed by atoms with Crippen molar-refractivity contribution in [1.82, 2.24) is 10.2 Å². The van der Waals surface area contributed by atoms with Crippen molar-refractivity contribution in [3.63, 3.8) is 0 Å². The molecule has 0 bridgehead atoms. The van der Waals surface area contributed by atoms with Crippen molar-refractivity contribution in [3.05, 3.63) is 22.4 Å². The van der Waals surface area contributed by atoms with E-state index in [-0.39, 0.29) is 12.2 Å². The summed E-state index contributed by atoms with van der Waals surface area (Å²) in [7, 11) is 0. The van der Waals surface area contributed by atoms with Crippen LogP contribution in [0.15, 0.2) is 16.8 Å². The zero-order valence-electron chi connectivity index (χ0n) is 13.4. The predicted octanol–water partition coefficient (Wildman–Crippen LogP) is 3.64. The van der Waals surface area contributed by atoms with Crippen molar-refractivity contribution in [2.45, 2.75) is 52.7 Å². The molecule has 0 spiro atoms. The highest BCUT2D eigenvalue weighted by Crippen LogP contribution is 2.52. The van der Waals surface area contributed by atoms with E-state index >= 15 is 0 Å². The van der Waals surface area contributed by atoms with E-state index in [1.54, 1.807) is 11.3 Å². The van der Waals surface area contributed by atoms with E-state index in [9.17, 15) is 4.79 Å². The molecular weight excluding hydrogens is 280 g/mol. The van der Waals surface area contributed by atoms with Crippen LogP contribution in [0, 0.1) is 17.3 Å². The van der Waals surface area contributed by atoms with Gasteiger partial charge in [0.2, 0.25) is 5.91 Å². The van der Waals surface area contributed by atoms with Crippen molar-refractivity contribution >= 4 is 17.2 Å². The van der Waals surface area contributed by atoms with E-state index in [1.807, 2.05) is 0 Å². The maximum atomic E-state index is 12.8. The maximum Gasteiger partial charge on any atom is 0.241 e. The fourth-order valence-electron chi connectivity index (χ4n) is 3.35. The summed E-state index contributed by atoms with van der Waals surface area (Å²) in [5, 5.41) is 7.82. The van der Waals surface area contributed by atoms with Crippen molar-refractivity contribution in [1.29, 1.82) is 0 Å². The molecule has 3 nitrogen and oxygen atoms in total. The summed E-state index contributed by atoms with van der Waals surface area (Å²) < 4.78 is 0. The third-order valence-electron chi connectivity index (χ3n) is 4.95. The summed E-state index contributed by atoms with van der Waals surface area (Å²) in [6, 6.07) is 2.12. The van der Waals surface area contributed by atoms with Crippen LogP contribution in [-0.4, -0.2) is 23.4 Å². The lowest BCUT2D eigenvalue weighted by atomic mass is 10.0. The third-order valence-corrected chi connectivity index (χ3v) is 5.65. The zero-order chi connectivity index (χ0) is 15.2. The number of hydrogen-bond acceptors (Lipinski definition) is 3. The molecule has 116 valence electrons. The standard InChI is InChI=1S/C17H26N2OS/c1-11(2)7-14-16(20)19(9-13-8-17(13,3)4)15(18-14)12-5-6-21-10-12/h5-6,10-11,13-15,18H,7-9H2,1-4H3. The highest BCUT2D eigenvalue weighted by Gasteiger charge is 2.50. The largest absolute Gasteiger partial charge is 0.321 e. The SMILES string of the molecule is CC(C)CC1NC(c2ccsc2)N(CC2CC2(C)C)C1=O. The average Bonchev–Trinajstić information content (AvgIpc) is 2.81. The van der Waals surface area contributed by atoms with Gasteiger partial charge in [0.25, 0.3) is 0 Å². The molecule has 1 aromatic heterocycles. The molecule has 1 saturated carbocycles. The summed E-state index contributed by atoms with van der Waals surface area (Å²) in [6.45, 7) is 9.87. The molecule has 1 N–H and O–H groups in total. The Hall–Kier alpha value is -0.870. The second-order valence-corrected chi connectivity index (χ2v) is 8.47. The molecule has 2 aliphatic rings. The Kier molecular flexibility index (Phi) is 3.87. The Bertz CT molecular complexity index is 509. The Labute approximate surface area is 131 Å². The summed E-state index contributed by atoms with van der Waals surface area (Å²) >= 11 is 1.70. The van der Waals surface area contributed by atoms with Crippen LogP contribution in [0.5, 0.6) is 0 Å². The molecule has 21 heavy (non-hydrogen) atoms. The Morgan fingerprint density at radius 2 is 2.19 bits per heavy atom. The Balaban J connectivity index is 1.77. The van der Waals surface area contributed by atoms with Gasteiger partial charge in [-0.2, -0.15) is 11.3 Å². The van der Waals surface area contributed by atoms with Gasteiger partial charge in [0.1, 0.15) is 6.17 Å². The number of carbonyl (C=O) groups is 1. The molecule has 1 amide bonds. The van der Waals surface area contributed by atoms with Crippen LogP contribution in [0.3, 0.4) is 0 Å². The van der Waals surface area contributed by atoms with E-state index in [0.717, 1.165) is 13.0 Å². The number of amides is 1. The molecule has 3 unspecified atom stereocenters. The number of nitrogens with zero attached hydrogens (tertiary/aromatic N) is 1. The second kappa shape index (κ2) is 5.40. The average molecular weight is 306 g/mol. The minimum atomic E-state index is -0.0169.